The molecule has 0 aliphatic carbocycles. The van der Waals surface area contributed by atoms with Gasteiger partial charge in [-0.25, -0.2) is 0 Å². The van der Waals surface area contributed by atoms with Gasteiger partial charge in [0.1, 0.15) is 0 Å². The minimum atomic E-state index is -0.535. The first kappa shape index (κ1) is 9.98. The van der Waals surface area contributed by atoms with E-state index in [1.165, 1.54) is 0 Å². The fourth-order valence-electron chi connectivity index (χ4n) is 1.22. The van der Waals surface area contributed by atoms with Crippen LogP contribution in [0.4, 0.5) is 0 Å². The summed E-state index contributed by atoms with van der Waals surface area (Å²) < 4.78 is 0.354. The van der Waals surface area contributed by atoms with Crippen LogP contribution >= 0.6 is 15.9 Å². The van der Waals surface area contributed by atoms with Crippen molar-refractivity contribution < 1.29 is 4.79 Å². The third-order valence-corrected chi connectivity index (χ3v) is 2.78. The number of aromatic amines is 1. The van der Waals surface area contributed by atoms with E-state index >= 15 is 0 Å². The van der Waals surface area contributed by atoms with Gasteiger partial charge in [-0.15, -0.1) is 0 Å². The van der Waals surface area contributed by atoms with Crippen LogP contribution in [-0.2, 0) is 0 Å². The Bertz CT molecular complexity index is 423. The van der Waals surface area contributed by atoms with Gasteiger partial charge in [-0.3, -0.25) is 9.59 Å². The Labute approximate surface area is 83.3 Å². The molecule has 3 N–H and O–H groups in total. The van der Waals surface area contributed by atoms with Gasteiger partial charge in [0, 0.05) is 5.69 Å². The number of amides is 1. The molecule has 13 heavy (non-hydrogen) atoms. The van der Waals surface area contributed by atoms with Crippen LogP contribution in [0.1, 0.15) is 21.6 Å². The number of halogens is 1. The largest absolute Gasteiger partial charge is 0.366 e. The summed E-state index contributed by atoms with van der Waals surface area (Å²) in [5, 5.41) is 0. The predicted molar refractivity (Wildman–Crippen MR) is 52.8 cm³/mol. The molecule has 1 rings (SSSR count). The molecule has 0 spiro atoms. The van der Waals surface area contributed by atoms with Crippen molar-refractivity contribution in [1.29, 1.82) is 0 Å². The lowest BCUT2D eigenvalue weighted by Crippen LogP contribution is -2.21. The summed E-state index contributed by atoms with van der Waals surface area (Å²) in [6, 6.07) is 0. The van der Waals surface area contributed by atoms with Crippen LogP contribution in [0.2, 0.25) is 0 Å². The maximum absolute atomic E-state index is 11.2. The zero-order valence-corrected chi connectivity index (χ0v) is 8.86. The number of hydrogen-bond acceptors (Lipinski definition) is 2. The molecular weight excluding hydrogens is 236 g/mol. The van der Waals surface area contributed by atoms with Crippen LogP contribution in [0.25, 0.3) is 0 Å². The molecule has 0 fully saturated rings. The van der Waals surface area contributed by atoms with Crippen molar-refractivity contribution in [3.8, 4) is 0 Å². The fourth-order valence-corrected chi connectivity index (χ4v) is 1.52. The summed E-state index contributed by atoms with van der Waals surface area (Å²) in [7, 11) is 0. The van der Waals surface area contributed by atoms with Gasteiger partial charge in [-0.05, 0) is 35.3 Å². The minimum Gasteiger partial charge on any atom is -0.366 e. The number of pyridine rings is 1. The van der Waals surface area contributed by atoms with Crippen molar-refractivity contribution >= 4 is 21.8 Å². The van der Waals surface area contributed by atoms with E-state index in [4.69, 9.17) is 5.73 Å². The molecular formula is C8H9BrN2O2. The molecule has 0 bridgehead atoms. The predicted octanol–water partition coefficient (Wildman–Crippen LogP) is 0.853. The maximum Gasteiger partial charge on any atom is 0.262 e. The number of nitrogens with two attached hydrogens (primary N) is 1. The zero-order chi connectivity index (χ0) is 10.2. The van der Waals surface area contributed by atoms with E-state index in [0.29, 0.717) is 21.3 Å². The van der Waals surface area contributed by atoms with Crippen molar-refractivity contribution in [2.45, 2.75) is 13.8 Å². The third kappa shape index (κ3) is 1.65. The van der Waals surface area contributed by atoms with Gasteiger partial charge >= 0.3 is 0 Å². The maximum atomic E-state index is 11.2. The SMILES string of the molecule is Cc1[nH]c(=O)c(Br)c(C)c1C(N)=O. The van der Waals surface area contributed by atoms with Gasteiger partial charge in [0.05, 0.1) is 10.0 Å². The van der Waals surface area contributed by atoms with Crippen LogP contribution in [0.5, 0.6) is 0 Å². The number of H-pyrrole nitrogens is 1. The van der Waals surface area contributed by atoms with E-state index in [-0.39, 0.29) is 5.56 Å². The van der Waals surface area contributed by atoms with Gasteiger partial charge in [0.15, 0.2) is 0 Å². The Morgan fingerprint density at radius 1 is 1.46 bits per heavy atom. The standard InChI is InChI=1S/C8H9BrN2O2/c1-3-5(7(10)12)4(2)11-8(13)6(3)9/h1-2H3,(H2,10,12)(H,11,13). The second-order valence-electron chi connectivity index (χ2n) is 2.76. The van der Waals surface area contributed by atoms with Crippen LogP contribution in [0.15, 0.2) is 9.27 Å². The lowest BCUT2D eigenvalue weighted by Gasteiger charge is -2.06. The lowest BCUT2D eigenvalue weighted by atomic mass is 10.1. The zero-order valence-electron chi connectivity index (χ0n) is 7.27. The average molecular weight is 245 g/mol. The monoisotopic (exact) mass is 244 g/mol. The van der Waals surface area contributed by atoms with Crippen molar-refractivity contribution in [2.75, 3.05) is 0 Å². The van der Waals surface area contributed by atoms with Crippen molar-refractivity contribution in [3.63, 3.8) is 0 Å². The molecule has 0 saturated heterocycles. The average Bonchev–Trinajstić information content (AvgIpc) is 1.99. The molecule has 0 aromatic carbocycles. The topological polar surface area (TPSA) is 75.9 Å². The molecule has 0 atom stereocenters. The van der Waals surface area contributed by atoms with Gasteiger partial charge in [-0.2, -0.15) is 0 Å². The number of primary amides is 1. The Hall–Kier alpha value is -1.10. The minimum absolute atomic E-state index is 0.250. The third-order valence-electron chi connectivity index (χ3n) is 1.83. The Morgan fingerprint density at radius 3 is 2.46 bits per heavy atom. The summed E-state index contributed by atoms with van der Waals surface area (Å²) in [4.78, 5) is 24.7. The van der Waals surface area contributed by atoms with Crippen LogP contribution in [0.3, 0.4) is 0 Å². The fraction of sp³-hybridized carbons (Fsp3) is 0.250. The number of nitrogens with one attached hydrogen (secondary N) is 1. The number of aryl methyl sites for hydroxylation is 1. The summed E-state index contributed by atoms with van der Waals surface area (Å²) in [6.07, 6.45) is 0. The summed E-state index contributed by atoms with van der Waals surface area (Å²) in [5.74, 6) is -0.535. The summed E-state index contributed by atoms with van der Waals surface area (Å²) >= 11 is 3.08. The van der Waals surface area contributed by atoms with E-state index < -0.39 is 5.91 Å². The van der Waals surface area contributed by atoms with Crippen molar-refractivity contribution in [1.82, 2.24) is 4.98 Å². The molecule has 0 aliphatic heterocycles. The van der Waals surface area contributed by atoms with E-state index in [1.54, 1.807) is 13.8 Å². The first-order chi connectivity index (χ1) is 5.95. The summed E-state index contributed by atoms with van der Waals surface area (Å²) in [5.41, 5.74) is 6.35. The van der Waals surface area contributed by atoms with Crippen LogP contribution in [-0.4, -0.2) is 10.9 Å². The van der Waals surface area contributed by atoms with E-state index in [1.807, 2.05) is 0 Å². The van der Waals surface area contributed by atoms with Gasteiger partial charge in [0.2, 0.25) is 0 Å². The summed E-state index contributed by atoms with van der Waals surface area (Å²) in [6.45, 7) is 3.31. The molecule has 5 heteroatoms. The van der Waals surface area contributed by atoms with Crippen LogP contribution < -0.4 is 11.3 Å². The molecule has 0 aliphatic rings. The molecule has 4 nitrogen and oxygen atoms in total. The molecule has 1 amide bonds. The number of carbonyl (C=O) groups is 1. The molecule has 0 unspecified atom stereocenters. The molecule has 1 aromatic rings. The molecule has 0 radical (unpaired) electrons. The number of carbonyl (C=O) groups excluding carboxylic acids is 1. The highest BCUT2D eigenvalue weighted by Crippen LogP contribution is 2.16. The van der Waals surface area contributed by atoms with E-state index in [2.05, 4.69) is 20.9 Å². The van der Waals surface area contributed by atoms with E-state index in [9.17, 15) is 9.59 Å². The Morgan fingerprint density at radius 2 is 2.00 bits per heavy atom. The first-order valence-electron chi connectivity index (χ1n) is 3.64. The second-order valence-corrected chi connectivity index (χ2v) is 3.55. The Balaban J connectivity index is 3.63. The highest BCUT2D eigenvalue weighted by Gasteiger charge is 2.13. The molecule has 70 valence electrons. The second kappa shape index (κ2) is 3.33. The quantitative estimate of drug-likeness (QED) is 0.769. The normalized spacial score (nSPS) is 10.1. The molecule has 1 aromatic heterocycles. The number of rotatable bonds is 1. The number of aromatic nitrogens is 1. The molecule has 1 heterocycles. The van der Waals surface area contributed by atoms with Gasteiger partial charge in [0.25, 0.3) is 11.5 Å². The molecule has 0 saturated carbocycles. The Kier molecular flexibility index (Phi) is 2.56. The first-order valence-corrected chi connectivity index (χ1v) is 4.43. The van der Waals surface area contributed by atoms with Crippen LogP contribution in [0, 0.1) is 13.8 Å². The lowest BCUT2D eigenvalue weighted by molar-refractivity contribution is 0.0998. The van der Waals surface area contributed by atoms with Gasteiger partial charge in [-0.1, -0.05) is 0 Å². The highest BCUT2D eigenvalue weighted by molar-refractivity contribution is 9.10. The van der Waals surface area contributed by atoms with E-state index in [0.717, 1.165) is 0 Å². The van der Waals surface area contributed by atoms with Crippen molar-refractivity contribution in [2.24, 2.45) is 5.73 Å². The van der Waals surface area contributed by atoms with Gasteiger partial charge < -0.3 is 10.7 Å². The highest BCUT2D eigenvalue weighted by atomic mass is 79.9. The van der Waals surface area contributed by atoms with Crippen molar-refractivity contribution in [3.05, 3.63) is 31.6 Å². The smallest absolute Gasteiger partial charge is 0.262 e. The number of hydrogen-bond donors (Lipinski definition) is 2.